The van der Waals surface area contributed by atoms with E-state index in [1.54, 1.807) is 25.1 Å². The Balaban J connectivity index is 2.19. The predicted molar refractivity (Wildman–Crippen MR) is 78.6 cm³/mol. The Hall–Kier alpha value is -2.30. The van der Waals surface area contributed by atoms with Crippen LogP contribution in [0, 0.1) is 6.92 Å². The number of carbonyl (C=O) groups excluding carboxylic acids is 1. The van der Waals surface area contributed by atoms with E-state index in [0.717, 1.165) is 17.4 Å². The highest BCUT2D eigenvalue weighted by molar-refractivity contribution is 5.81. The van der Waals surface area contributed by atoms with E-state index in [1.807, 2.05) is 13.8 Å². The molecule has 0 radical (unpaired) electrons. The summed E-state index contributed by atoms with van der Waals surface area (Å²) in [6, 6.07) is 6.58. The standard InChI is InChI=1S/C16H18O5/c1-4-7-19-16(18)11(3)20-12-5-6-13-10(2)8-15(17)21-14(13)9-12/h5-6,8-9,11H,4,7H2,1-3H3. The Labute approximate surface area is 122 Å². The topological polar surface area (TPSA) is 65.7 Å². The summed E-state index contributed by atoms with van der Waals surface area (Å²) >= 11 is 0. The number of esters is 1. The molecular formula is C16H18O5. The quantitative estimate of drug-likeness (QED) is 0.625. The molecule has 0 aliphatic rings. The first-order valence-corrected chi connectivity index (χ1v) is 6.89. The lowest BCUT2D eigenvalue weighted by molar-refractivity contribution is -0.151. The third kappa shape index (κ3) is 3.62. The van der Waals surface area contributed by atoms with E-state index in [-0.39, 0.29) is 0 Å². The van der Waals surface area contributed by atoms with E-state index in [1.165, 1.54) is 6.07 Å². The van der Waals surface area contributed by atoms with E-state index in [9.17, 15) is 9.59 Å². The van der Waals surface area contributed by atoms with Gasteiger partial charge in [0.2, 0.25) is 0 Å². The zero-order valence-corrected chi connectivity index (χ0v) is 12.3. The van der Waals surface area contributed by atoms with Crippen LogP contribution in [0.1, 0.15) is 25.8 Å². The van der Waals surface area contributed by atoms with E-state index in [2.05, 4.69) is 0 Å². The zero-order chi connectivity index (χ0) is 15.4. The molecule has 0 spiro atoms. The second-order valence-electron chi connectivity index (χ2n) is 4.83. The fraction of sp³-hybridized carbons (Fsp3) is 0.375. The Morgan fingerprint density at radius 1 is 1.33 bits per heavy atom. The fourth-order valence-electron chi connectivity index (χ4n) is 1.95. The number of hydrogen-bond acceptors (Lipinski definition) is 5. The van der Waals surface area contributed by atoms with Crippen LogP contribution in [0.3, 0.4) is 0 Å². The maximum absolute atomic E-state index is 11.7. The largest absolute Gasteiger partial charge is 0.479 e. The fourth-order valence-corrected chi connectivity index (χ4v) is 1.95. The monoisotopic (exact) mass is 290 g/mol. The first-order chi connectivity index (χ1) is 10.0. The van der Waals surface area contributed by atoms with Crippen LogP contribution < -0.4 is 10.4 Å². The van der Waals surface area contributed by atoms with Crippen LogP contribution in [-0.2, 0) is 9.53 Å². The second-order valence-corrected chi connectivity index (χ2v) is 4.83. The van der Waals surface area contributed by atoms with Gasteiger partial charge >= 0.3 is 11.6 Å². The van der Waals surface area contributed by atoms with Crippen LogP contribution in [0.5, 0.6) is 5.75 Å². The molecule has 5 nitrogen and oxygen atoms in total. The molecule has 5 heteroatoms. The van der Waals surface area contributed by atoms with Gasteiger partial charge in [-0.1, -0.05) is 6.92 Å². The summed E-state index contributed by atoms with van der Waals surface area (Å²) in [5, 5.41) is 0.836. The average molecular weight is 290 g/mol. The van der Waals surface area contributed by atoms with E-state index in [0.29, 0.717) is 17.9 Å². The first-order valence-electron chi connectivity index (χ1n) is 6.89. The van der Waals surface area contributed by atoms with Crippen molar-refractivity contribution in [3.63, 3.8) is 0 Å². The van der Waals surface area contributed by atoms with E-state index in [4.69, 9.17) is 13.9 Å². The van der Waals surface area contributed by atoms with Crippen molar-refractivity contribution in [3.05, 3.63) is 40.2 Å². The zero-order valence-electron chi connectivity index (χ0n) is 12.3. The highest BCUT2D eigenvalue weighted by Gasteiger charge is 2.16. The third-order valence-corrected chi connectivity index (χ3v) is 3.02. The van der Waals surface area contributed by atoms with Crippen LogP contribution in [-0.4, -0.2) is 18.7 Å². The normalized spacial score (nSPS) is 12.1. The molecule has 1 aromatic heterocycles. The molecule has 112 valence electrons. The number of carbonyl (C=O) groups is 1. The maximum Gasteiger partial charge on any atom is 0.347 e. The van der Waals surface area contributed by atoms with Gasteiger partial charge in [0.05, 0.1) is 6.61 Å². The van der Waals surface area contributed by atoms with Gasteiger partial charge in [-0.3, -0.25) is 0 Å². The summed E-state index contributed by atoms with van der Waals surface area (Å²) in [6.45, 7) is 5.75. The van der Waals surface area contributed by atoms with Gasteiger partial charge in [0, 0.05) is 17.5 Å². The predicted octanol–water partition coefficient (Wildman–Crippen LogP) is 2.82. The van der Waals surface area contributed by atoms with Crippen molar-refractivity contribution < 1.29 is 18.7 Å². The molecule has 0 bridgehead atoms. The molecule has 0 N–H and O–H groups in total. The lowest BCUT2D eigenvalue weighted by Crippen LogP contribution is -2.26. The van der Waals surface area contributed by atoms with Gasteiger partial charge in [0.1, 0.15) is 11.3 Å². The molecule has 1 atom stereocenters. The summed E-state index contributed by atoms with van der Waals surface area (Å²) < 4.78 is 15.7. The minimum atomic E-state index is -0.717. The van der Waals surface area contributed by atoms with Crippen LogP contribution in [0.15, 0.2) is 33.5 Å². The molecule has 1 aromatic carbocycles. The highest BCUT2D eigenvalue weighted by Crippen LogP contribution is 2.23. The maximum atomic E-state index is 11.7. The number of aryl methyl sites for hydroxylation is 1. The Kier molecular flexibility index (Phi) is 4.62. The number of rotatable bonds is 5. The van der Waals surface area contributed by atoms with Gasteiger partial charge < -0.3 is 13.9 Å². The average Bonchev–Trinajstić information content (AvgIpc) is 2.44. The van der Waals surface area contributed by atoms with Gasteiger partial charge in [0.25, 0.3) is 0 Å². The molecule has 0 fully saturated rings. The van der Waals surface area contributed by atoms with Gasteiger partial charge in [-0.2, -0.15) is 0 Å². The molecule has 21 heavy (non-hydrogen) atoms. The molecule has 2 aromatic rings. The molecule has 0 saturated carbocycles. The number of fused-ring (bicyclic) bond motifs is 1. The first kappa shape index (κ1) is 15.1. The Morgan fingerprint density at radius 2 is 2.10 bits per heavy atom. The summed E-state index contributed by atoms with van der Waals surface area (Å²) in [6.07, 6.45) is 0.0457. The van der Waals surface area contributed by atoms with Crippen LogP contribution in [0.2, 0.25) is 0 Å². The van der Waals surface area contributed by atoms with Crippen molar-refractivity contribution in [2.45, 2.75) is 33.3 Å². The Bertz CT molecular complexity index is 701. The molecule has 0 aliphatic heterocycles. The molecule has 1 heterocycles. The summed E-state index contributed by atoms with van der Waals surface area (Å²) in [5.41, 5.74) is 0.863. The molecule has 2 rings (SSSR count). The molecule has 0 amide bonds. The van der Waals surface area contributed by atoms with Crippen molar-refractivity contribution in [2.24, 2.45) is 0 Å². The van der Waals surface area contributed by atoms with Crippen LogP contribution >= 0.6 is 0 Å². The molecule has 1 unspecified atom stereocenters. The minimum Gasteiger partial charge on any atom is -0.479 e. The smallest absolute Gasteiger partial charge is 0.347 e. The number of benzene rings is 1. The van der Waals surface area contributed by atoms with Crippen molar-refractivity contribution in [2.75, 3.05) is 6.61 Å². The van der Waals surface area contributed by atoms with Gasteiger partial charge in [-0.15, -0.1) is 0 Å². The van der Waals surface area contributed by atoms with Gasteiger partial charge in [0.15, 0.2) is 6.10 Å². The van der Waals surface area contributed by atoms with Crippen molar-refractivity contribution in [1.29, 1.82) is 0 Å². The van der Waals surface area contributed by atoms with Crippen LogP contribution in [0.25, 0.3) is 11.0 Å². The van der Waals surface area contributed by atoms with Gasteiger partial charge in [-0.05, 0) is 38.0 Å². The lowest BCUT2D eigenvalue weighted by Gasteiger charge is -2.14. The second kappa shape index (κ2) is 6.43. The van der Waals surface area contributed by atoms with Gasteiger partial charge in [-0.25, -0.2) is 9.59 Å². The summed E-state index contributed by atoms with van der Waals surface area (Å²) in [4.78, 5) is 23.0. The molecular weight excluding hydrogens is 272 g/mol. The van der Waals surface area contributed by atoms with Crippen molar-refractivity contribution in [3.8, 4) is 5.75 Å². The van der Waals surface area contributed by atoms with Crippen molar-refractivity contribution in [1.82, 2.24) is 0 Å². The SMILES string of the molecule is CCCOC(=O)C(C)Oc1ccc2c(C)cc(=O)oc2c1. The third-order valence-electron chi connectivity index (χ3n) is 3.02. The molecule has 0 saturated heterocycles. The molecule has 0 aliphatic carbocycles. The summed E-state index contributed by atoms with van der Waals surface area (Å²) in [5.74, 6) is 0.0415. The van der Waals surface area contributed by atoms with Crippen molar-refractivity contribution >= 4 is 16.9 Å². The number of ether oxygens (including phenoxy) is 2. The van der Waals surface area contributed by atoms with E-state index >= 15 is 0 Å². The summed E-state index contributed by atoms with van der Waals surface area (Å²) in [7, 11) is 0. The number of hydrogen-bond donors (Lipinski definition) is 0. The van der Waals surface area contributed by atoms with E-state index < -0.39 is 17.7 Å². The lowest BCUT2D eigenvalue weighted by atomic mass is 10.1. The minimum absolute atomic E-state index is 0.373. The highest BCUT2D eigenvalue weighted by atomic mass is 16.6. The Morgan fingerprint density at radius 3 is 2.81 bits per heavy atom. The van der Waals surface area contributed by atoms with Crippen LogP contribution in [0.4, 0.5) is 0 Å².